The lowest BCUT2D eigenvalue weighted by Crippen LogP contribution is -2.02. The molecule has 0 unspecified atom stereocenters. The quantitative estimate of drug-likeness (QED) is 0.793. The molecule has 0 fully saturated rings. The van der Waals surface area contributed by atoms with Crippen LogP contribution < -0.4 is 0 Å². The number of hydrogen-bond acceptors (Lipinski definition) is 3. The third kappa shape index (κ3) is 1.68. The van der Waals surface area contributed by atoms with Crippen LogP contribution in [0, 0.1) is 13.8 Å². The zero-order valence-corrected chi connectivity index (χ0v) is 8.56. The van der Waals surface area contributed by atoms with Gasteiger partial charge in [-0.05, 0) is 19.9 Å². The fraction of sp³-hybridized carbons (Fsp3) is 0.300. The fourth-order valence-corrected chi connectivity index (χ4v) is 1.60. The first-order valence-electron chi connectivity index (χ1n) is 4.60. The van der Waals surface area contributed by atoms with Gasteiger partial charge in [0.15, 0.2) is 5.65 Å². The van der Waals surface area contributed by atoms with Gasteiger partial charge in [0.05, 0.1) is 12.6 Å². The first kappa shape index (κ1) is 9.64. The summed E-state index contributed by atoms with van der Waals surface area (Å²) in [6.45, 7) is 3.80. The molecule has 0 atom stereocenters. The Morgan fingerprint density at radius 2 is 2.27 bits per heavy atom. The summed E-state index contributed by atoms with van der Waals surface area (Å²) in [5.41, 5.74) is 3.10. The SMILES string of the molecule is Cc1cc(C)n2ncc(CC(=O)O)c2n1. The molecule has 0 amide bonds. The highest BCUT2D eigenvalue weighted by molar-refractivity contribution is 5.73. The Morgan fingerprint density at radius 1 is 1.53 bits per heavy atom. The number of hydrogen-bond donors (Lipinski definition) is 1. The first-order chi connectivity index (χ1) is 7.08. The summed E-state index contributed by atoms with van der Waals surface area (Å²) in [7, 11) is 0. The average Bonchev–Trinajstić information content (AvgIpc) is 2.48. The summed E-state index contributed by atoms with van der Waals surface area (Å²) in [5.74, 6) is -0.870. The number of carboxylic acids is 1. The van der Waals surface area contributed by atoms with E-state index in [1.165, 1.54) is 0 Å². The van der Waals surface area contributed by atoms with Gasteiger partial charge < -0.3 is 5.11 Å². The summed E-state index contributed by atoms with van der Waals surface area (Å²) in [6, 6.07) is 1.91. The van der Waals surface area contributed by atoms with Gasteiger partial charge in [0.25, 0.3) is 0 Å². The van der Waals surface area contributed by atoms with E-state index in [0.29, 0.717) is 11.2 Å². The highest BCUT2D eigenvalue weighted by Gasteiger charge is 2.10. The molecular formula is C10H11N3O2. The molecule has 2 aromatic rings. The summed E-state index contributed by atoms with van der Waals surface area (Å²) < 4.78 is 1.66. The lowest BCUT2D eigenvalue weighted by Gasteiger charge is -2.01. The molecule has 2 rings (SSSR count). The maximum atomic E-state index is 10.6. The van der Waals surface area contributed by atoms with Crippen LogP contribution in [0.1, 0.15) is 17.0 Å². The lowest BCUT2D eigenvalue weighted by atomic mass is 10.2. The van der Waals surface area contributed by atoms with Crippen LogP contribution in [0.4, 0.5) is 0 Å². The number of aryl methyl sites for hydroxylation is 2. The van der Waals surface area contributed by atoms with E-state index in [0.717, 1.165) is 11.4 Å². The molecule has 0 aliphatic heterocycles. The molecule has 1 N–H and O–H groups in total. The molecule has 0 bridgehead atoms. The van der Waals surface area contributed by atoms with E-state index in [4.69, 9.17) is 5.11 Å². The maximum absolute atomic E-state index is 10.6. The van der Waals surface area contributed by atoms with Crippen LogP contribution in [0.15, 0.2) is 12.3 Å². The molecule has 5 heteroatoms. The van der Waals surface area contributed by atoms with Crippen molar-refractivity contribution in [3.8, 4) is 0 Å². The molecule has 5 nitrogen and oxygen atoms in total. The number of rotatable bonds is 2. The molecule has 0 saturated carbocycles. The Morgan fingerprint density at radius 3 is 2.93 bits per heavy atom. The molecule has 2 aromatic heterocycles. The highest BCUT2D eigenvalue weighted by Crippen LogP contribution is 2.12. The van der Waals surface area contributed by atoms with Crippen LogP contribution in [-0.4, -0.2) is 25.7 Å². The first-order valence-corrected chi connectivity index (χ1v) is 4.60. The Bertz CT molecular complexity index is 531. The van der Waals surface area contributed by atoms with Crippen molar-refractivity contribution in [2.75, 3.05) is 0 Å². The monoisotopic (exact) mass is 205 g/mol. The van der Waals surface area contributed by atoms with Crippen molar-refractivity contribution in [1.29, 1.82) is 0 Å². The Balaban J connectivity index is 2.63. The van der Waals surface area contributed by atoms with Gasteiger partial charge in [-0.1, -0.05) is 0 Å². The average molecular weight is 205 g/mol. The smallest absolute Gasteiger partial charge is 0.308 e. The molecular weight excluding hydrogens is 194 g/mol. The minimum atomic E-state index is -0.870. The van der Waals surface area contributed by atoms with Crippen molar-refractivity contribution in [1.82, 2.24) is 14.6 Å². The third-order valence-corrected chi connectivity index (χ3v) is 2.19. The molecule has 0 aliphatic rings. The summed E-state index contributed by atoms with van der Waals surface area (Å²) in [4.78, 5) is 14.9. The minimum absolute atomic E-state index is 0.0423. The van der Waals surface area contributed by atoms with Crippen LogP contribution in [-0.2, 0) is 11.2 Å². The van der Waals surface area contributed by atoms with E-state index < -0.39 is 5.97 Å². The minimum Gasteiger partial charge on any atom is -0.481 e. The molecule has 0 spiro atoms. The topological polar surface area (TPSA) is 67.5 Å². The zero-order chi connectivity index (χ0) is 11.0. The Labute approximate surface area is 86.4 Å². The highest BCUT2D eigenvalue weighted by atomic mass is 16.4. The molecule has 2 heterocycles. The van der Waals surface area contributed by atoms with Crippen LogP contribution >= 0.6 is 0 Å². The molecule has 0 aliphatic carbocycles. The normalized spacial score (nSPS) is 10.8. The largest absolute Gasteiger partial charge is 0.481 e. The van der Waals surface area contributed by atoms with Crippen molar-refractivity contribution in [2.45, 2.75) is 20.3 Å². The standard InChI is InChI=1S/C10H11N3O2/c1-6-3-7(2)13-10(12-6)8(5-11-13)4-9(14)15/h3,5H,4H2,1-2H3,(H,14,15). The Hall–Kier alpha value is -1.91. The number of carboxylic acid groups (broad SMARTS) is 1. The fourth-order valence-electron chi connectivity index (χ4n) is 1.60. The second-order valence-electron chi connectivity index (χ2n) is 3.51. The van der Waals surface area contributed by atoms with Crippen LogP contribution in [0.2, 0.25) is 0 Å². The van der Waals surface area contributed by atoms with Crippen molar-refractivity contribution in [3.63, 3.8) is 0 Å². The van der Waals surface area contributed by atoms with E-state index in [9.17, 15) is 4.79 Å². The summed E-state index contributed by atoms with van der Waals surface area (Å²) in [6.07, 6.45) is 1.52. The molecule has 78 valence electrons. The number of aromatic nitrogens is 3. The van der Waals surface area contributed by atoms with Crippen molar-refractivity contribution < 1.29 is 9.90 Å². The number of fused-ring (bicyclic) bond motifs is 1. The van der Waals surface area contributed by atoms with Gasteiger partial charge in [-0.2, -0.15) is 5.10 Å². The van der Waals surface area contributed by atoms with Gasteiger partial charge in [-0.3, -0.25) is 4.79 Å². The lowest BCUT2D eigenvalue weighted by molar-refractivity contribution is -0.136. The maximum Gasteiger partial charge on any atom is 0.308 e. The van der Waals surface area contributed by atoms with E-state index in [1.807, 2.05) is 19.9 Å². The van der Waals surface area contributed by atoms with Gasteiger partial charge in [-0.15, -0.1) is 0 Å². The Kier molecular flexibility index (Phi) is 2.15. The predicted octanol–water partition coefficient (Wildman–Crippen LogP) is 0.973. The molecule has 15 heavy (non-hydrogen) atoms. The van der Waals surface area contributed by atoms with Crippen LogP contribution in [0.5, 0.6) is 0 Å². The van der Waals surface area contributed by atoms with Crippen molar-refractivity contribution >= 4 is 11.6 Å². The predicted molar refractivity (Wildman–Crippen MR) is 53.8 cm³/mol. The molecule has 0 aromatic carbocycles. The van der Waals surface area contributed by atoms with Gasteiger partial charge in [-0.25, -0.2) is 9.50 Å². The number of aliphatic carboxylic acids is 1. The molecule has 0 radical (unpaired) electrons. The summed E-state index contributed by atoms with van der Waals surface area (Å²) >= 11 is 0. The van der Waals surface area contributed by atoms with Crippen LogP contribution in [0.25, 0.3) is 5.65 Å². The van der Waals surface area contributed by atoms with Gasteiger partial charge in [0.1, 0.15) is 0 Å². The van der Waals surface area contributed by atoms with Crippen molar-refractivity contribution in [2.24, 2.45) is 0 Å². The van der Waals surface area contributed by atoms with Gasteiger partial charge in [0.2, 0.25) is 0 Å². The van der Waals surface area contributed by atoms with E-state index >= 15 is 0 Å². The van der Waals surface area contributed by atoms with Gasteiger partial charge in [0, 0.05) is 17.0 Å². The molecule has 0 saturated heterocycles. The van der Waals surface area contributed by atoms with Crippen molar-refractivity contribution in [3.05, 3.63) is 29.2 Å². The van der Waals surface area contributed by atoms with E-state index in [2.05, 4.69) is 10.1 Å². The van der Waals surface area contributed by atoms with Gasteiger partial charge >= 0.3 is 5.97 Å². The summed E-state index contributed by atoms with van der Waals surface area (Å²) in [5, 5.41) is 12.8. The third-order valence-electron chi connectivity index (χ3n) is 2.19. The van der Waals surface area contributed by atoms with Crippen LogP contribution in [0.3, 0.4) is 0 Å². The second kappa shape index (κ2) is 3.34. The second-order valence-corrected chi connectivity index (χ2v) is 3.51. The van der Waals surface area contributed by atoms with E-state index in [-0.39, 0.29) is 6.42 Å². The zero-order valence-electron chi connectivity index (χ0n) is 8.56. The number of nitrogens with zero attached hydrogens (tertiary/aromatic N) is 3. The van der Waals surface area contributed by atoms with E-state index in [1.54, 1.807) is 10.7 Å². The number of carbonyl (C=O) groups is 1.